The van der Waals surface area contributed by atoms with Gasteiger partial charge in [-0.25, -0.2) is 9.59 Å². The monoisotopic (exact) mass is 370 g/mol. The minimum Gasteiger partial charge on any atom is -0.473 e. The number of nitrogens with zero attached hydrogens (tertiary/aromatic N) is 2. The maximum atomic E-state index is 12.4. The number of carboxylic acid groups (broad SMARTS) is 2. The molecule has 3 rings (SSSR count). The van der Waals surface area contributed by atoms with Gasteiger partial charge in [0.1, 0.15) is 0 Å². The van der Waals surface area contributed by atoms with Crippen LogP contribution in [0.1, 0.15) is 15.9 Å². The molecule has 0 spiro atoms. The van der Waals surface area contributed by atoms with Gasteiger partial charge < -0.3 is 15.1 Å². The first-order chi connectivity index (χ1) is 13.0. The molecule has 1 aliphatic rings. The Kier molecular flexibility index (Phi) is 7.51. The summed E-state index contributed by atoms with van der Waals surface area (Å²) in [7, 11) is 0. The fraction of sp³-hybridized carbons (Fsp3) is 0.250. The van der Waals surface area contributed by atoms with Crippen LogP contribution in [-0.4, -0.2) is 64.0 Å². The van der Waals surface area contributed by atoms with Crippen LogP contribution in [0.25, 0.3) is 0 Å². The third kappa shape index (κ3) is 6.56. The molecule has 1 amide bonds. The first-order valence-electron chi connectivity index (χ1n) is 8.54. The van der Waals surface area contributed by atoms with Crippen LogP contribution in [-0.2, 0) is 16.1 Å². The smallest absolute Gasteiger partial charge is 0.414 e. The molecule has 142 valence electrons. The van der Waals surface area contributed by atoms with Crippen molar-refractivity contribution in [1.82, 2.24) is 9.80 Å². The predicted molar refractivity (Wildman–Crippen MR) is 99.3 cm³/mol. The number of carbonyl (C=O) groups is 3. The quantitative estimate of drug-likeness (QED) is 0.800. The SMILES string of the molecule is O=C(O)C(=O)O.O=C(c1ccccc1)N1CCN(Cc2ccccc2)CC1. The van der Waals surface area contributed by atoms with E-state index in [-0.39, 0.29) is 5.91 Å². The minimum atomic E-state index is -1.82. The molecule has 1 heterocycles. The van der Waals surface area contributed by atoms with Crippen molar-refractivity contribution in [3.05, 3.63) is 71.8 Å². The zero-order valence-corrected chi connectivity index (χ0v) is 14.8. The van der Waals surface area contributed by atoms with E-state index in [1.807, 2.05) is 41.3 Å². The molecule has 1 aliphatic heterocycles. The van der Waals surface area contributed by atoms with E-state index in [2.05, 4.69) is 29.2 Å². The highest BCUT2D eigenvalue weighted by atomic mass is 16.4. The highest BCUT2D eigenvalue weighted by molar-refractivity contribution is 6.27. The van der Waals surface area contributed by atoms with Gasteiger partial charge in [0.25, 0.3) is 5.91 Å². The average Bonchev–Trinajstić information content (AvgIpc) is 2.70. The van der Waals surface area contributed by atoms with Crippen LogP contribution in [0.3, 0.4) is 0 Å². The van der Waals surface area contributed by atoms with E-state index in [0.29, 0.717) is 0 Å². The second-order valence-corrected chi connectivity index (χ2v) is 6.03. The number of benzene rings is 2. The van der Waals surface area contributed by atoms with Crippen LogP contribution in [0.15, 0.2) is 60.7 Å². The molecule has 0 aromatic heterocycles. The van der Waals surface area contributed by atoms with Crippen LogP contribution >= 0.6 is 0 Å². The standard InChI is InChI=1S/C18H20N2O.C2H2O4/c21-18(17-9-5-2-6-10-17)20-13-11-19(12-14-20)15-16-7-3-1-4-8-16;3-1(4)2(5)6/h1-10H,11-15H2;(H,3,4)(H,5,6). The molecule has 0 atom stereocenters. The lowest BCUT2D eigenvalue weighted by Gasteiger charge is -2.34. The van der Waals surface area contributed by atoms with Gasteiger partial charge in [-0.05, 0) is 17.7 Å². The van der Waals surface area contributed by atoms with E-state index in [0.717, 1.165) is 38.3 Å². The third-order valence-corrected chi connectivity index (χ3v) is 4.11. The molecule has 0 radical (unpaired) electrons. The van der Waals surface area contributed by atoms with Crippen molar-refractivity contribution in [2.24, 2.45) is 0 Å². The highest BCUT2D eigenvalue weighted by Crippen LogP contribution is 2.11. The fourth-order valence-corrected chi connectivity index (χ4v) is 2.71. The van der Waals surface area contributed by atoms with Crippen molar-refractivity contribution in [3.8, 4) is 0 Å². The molecule has 0 aliphatic carbocycles. The van der Waals surface area contributed by atoms with E-state index < -0.39 is 11.9 Å². The molecular formula is C20H22N2O5. The van der Waals surface area contributed by atoms with Crippen molar-refractivity contribution >= 4 is 17.8 Å². The topological polar surface area (TPSA) is 98.1 Å². The van der Waals surface area contributed by atoms with Crippen LogP contribution in [0.2, 0.25) is 0 Å². The molecule has 0 saturated carbocycles. The molecule has 2 aromatic rings. The summed E-state index contributed by atoms with van der Waals surface area (Å²) in [4.78, 5) is 34.9. The number of carbonyl (C=O) groups excluding carboxylic acids is 1. The van der Waals surface area contributed by atoms with Crippen molar-refractivity contribution in [1.29, 1.82) is 0 Å². The summed E-state index contributed by atoms with van der Waals surface area (Å²) in [5, 5.41) is 14.8. The summed E-state index contributed by atoms with van der Waals surface area (Å²) in [6, 6.07) is 20.0. The molecule has 7 nitrogen and oxygen atoms in total. The van der Waals surface area contributed by atoms with Crippen LogP contribution in [0.5, 0.6) is 0 Å². The van der Waals surface area contributed by atoms with E-state index >= 15 is 0 Å². The summed E-state index contributed by atoms with van der Waals surface area (Å²) in [5.74, 6) is -3.50. The molecule has 1 saturated heterocycles. The first-order valence-corrected chi connectivity index (χ1v) is 8.54. The van der Waals surface area contributed by atoms with Crippen LogP contribution < -0.4 is 0 Å². The number of piperazine rings is 1. The Bertz CT molecular complexity index is 744. The number of amides is 1. The number of hydrogen-bond acceptors (Lipinski definition) is 4. The molecule has 0 bridgehead atoms. The fourth-order valence-electron chi connectivity index (χ4n) is 2.71. The Labute approximate surface area is 157 Å². The van der Waals surface area contributed by atoms with Crippen molar-refractivity contribution < 1.29 is 24.6 Å². The number of hydrogen-bond donors (Lipinski definition) is 2. The molecule has 2 aromatic carbocycles. The number of aliphatic carboxylic acids is 2. The van der Waals surface area contributed by atoms with Crippen molar-refractivity contribution in [3.63, 3.8) is 0 Å². The molecular weight excluding hydrogens is 348 g/mol. The average molecular weight is 370 g/mol. The van der Waals surface area contributed by atoms with Crippen LogP contribution in [0.4, 0.5) is 0 Å². The molecule has 0 unspecified atom stereocenters. The van der Waals surface area contributed by atoms with Gasteiger partial charge in [0.2, 0.25) is 0 Å². The summed E-state index contributed by atoms with van der Waals surface area (Å²) in [5.41, 5.74) is 2.12. The molecule has 27 heavy (non-hydrogen) atoms. The summed E-state index contributed by atoms with van der Waals surface area (Å²) < 4.78 is 0. The lowest BCUT2D eigenvalue weighted by molar-refractivity contribution is -0.159. The summed E-state index contributed by atoms with van der Waals surface area (Å²) in [6.45, 7) is 4.45. The maximum Gasteiger partial charge on any atom is 0.414 e. The van der Waals surface area contributed by atoms with Gasteiger partial charge in [-0.2, -0.15) is 0 Å². The zero-order valence-electron chi connectivity index (χ0n) is 14.8. The molecule has 2 N–H and O–H groups in total. The third-order valence-electron chi connectivity index (χ3n) is 4.11. The van der Waals surface area contributed by atoms with Crippen molar-refractivity contribution in [2.75, 3.05) is 26.2 Å². The van der Waals surface area contributed by atoms with E-state index in [1.165, 1.54) is 5.56 Å². The lowest BCUT2D eigenvalue weighted by Crippen LogP contribution is -2.48. The Morgan fingerprint density at radius 3 is 1.70 bits per heavy atom. The van der Waals surface area contributed by atoms with Crippen LogP contribution in [0, 0.1) is 0 Å². The Balaban J connectivity index is 0.000000380. The van der Waals surface area contributed by atoms with Gasteiger partial charge >= 0.3 is 11.9 Å². The minimum absolute atomic E-state index is 0.148. The lowest BCUT2D eigenvalue weighted by atomic mass is 10.1. The zero-order chi connectivity index (χ0) is 19.6. The highest BCUT2D eigenvalue weighted by Gasteiger charge is 2.21. The number of rotatable bonds is 3. The van der Waals surface area contributed by atoms with Crippen molar-refractivity contribution in [2.45, 2.75) is 6.54 Å². The molecule has 1 fully saturated rings. The van der Waals surface area contributed by atoms with E-state index in [1.54, 1.807) is 0 Å². The summed E-state index contributed by atoms with van der Waals surface area (Å²) >= 11 is 0. The van der Waals surface area contributed by atoms with Gasteiger partial charge in [0.05, 0.1) is 0 Å². The molecule has 7 heteroatoms. The second-order valence-electron chi connectivity index (χ2n) is 6.03. The largest absolute Gasteiger partial charge is 0.473 e. The predicted octanol–water partition coefficient (Wildman–Crippen LogP) is 1.80. The van der Waals surface area contributed by atoms with Gasteiger partial charge in [-0.3, -0.25) is 9.69 Å². The van der Waals surface area contributed by atoms with E-state index in [4.69, 9.17) is 19.8 Å². The Morgan fingerprint density at radius 2 is 1.22 bits per heavy atom. The van der Waals surface area contributed by atoms with Gasteiger partial charge in [0.15, 0.2) is 0 Å². The summed E-state index contributed by atoms with van der Waals surface area (Å²) in [6.07, 6.45) is 0. The van der Waals surface area contributed by atoms with Gasteiger partial charge in [0, 0.05) is 38.3 Å². The number of carboxylic acids is 2. The van der Waals surface area contributed by atoms with E-state index in [9.17, 15) is 4.79 Å². The first kappa shape index (κ1) is 20.1. The normalized spacial score (nSPS) is 14.0. The van der Waals surface area contributed by atoms with Gasteiger partial charge in [-0.15, -0.1) is 0 Å². The Hall–Kier alpha value is -3.19. The second kappa shape index (κ2) is 10.1. The van der Waals surface area contributed by atoms with Gasteiger partial charge in [-0.1, -0.05) is 48.5 Å². The Morgan fingerprint density at radius 1 is 0.741 bits per heavy atom. The maximum absolute atomic E-state index is 12.4.